The number of methoxy groups -OCH3 is 1. The maximum absolute atomic E-state index is 6.12. The number of aryl methyl sites for hydroxylation is 1. The molecule has 1 aliphatic heterocycles. The quantitative estimate of drug-likeness (QED) is 0.830. The van der Waals surface area contributed by atoms with Crippen molar-refractivity contribution in [2.45, 2.75) is 25.5 Å². The molecule has 1 atom stereocenters. The Kier molecular flexibility index (Phi) is 4.10. The first kappa shape index (κ1) is 12.5. The lowest BCUT2D eigenvalue weighted by atomic mass is 10.1. The Hall–Kier alpha value is -0.970. The van der Waals surface area contributed by atoms with Gasteiger partial charge < -0.3 is 10.5 Å². The number of rotatable bonds is 5. The summed E-state index contributed by atoms with van der Waals surface area (Å²) >= 11 is 0. The average molecular weight is 235 g/mol. The van der Waals surface area contributed by atoms with Crippen LogP contribution in [0.25, 0.3) is 0 Å². The van der Waals surface area contributed by atoms with E-state index in [0.29, 0.717) is 6.10 Å². The van der Waals surface area contributed by atoms with Gasteiger partial charge in [0.1, 0.15) is 0 Å². The largest absolute Gasteiger partial charge is 0.379 e. The first-order chi connectivity index (χ1) is 8.19. The third-order valence-corrected chi connectivity index (χ3v) is 3.33. The first-order valence-corrected chi connectivity index (χ1v) is 6.12. The van der Waals surface area contributed by atoms with Gasteiger partial charge >= 0.3 is 0 Å². The van der Waals surface area contributed by atoms with Crippen molar-refractivity contribution in [1.82, 2.24) is 9.88 Å². The molecule has 0 aromatic carbocycles. The molecule has 0 aliphatic carbocycles. The van der Waals surface area contributed by atoms with Gasteiger partial charge in [-0.25, -0.2) is 0 Å². The molecule has 4 nitrogen and oxygen atoms in total. The Bertz CT molecular complexity index is 346. The molecule has 17 heavy (non-hydrogen) atoms. The highest BCUT2D eigenvalue weighted by Crippen LogP contribution is 2.16. The van der Waals surface area contributed by atoms with E-state index in [1.165, 1.54) is 5.56 Å². The summed E-state index contributed by atoms with van der Waals surface area (Å²) in [5.74, 6) is 0. The standard InChI is InChI=1S/C13H21N3O/c1-10-3-4-13(15-7-10)12(14)5-6-16-8-11(9-16)17-2/h3-4,7,11-12H,5-6,8-9,14H2,1-2H3. The average Bonchev–Trinajstić information content (AvgIpc) is 2.28. The Morgan fingerprint density at radius 2 is 2.29 bits per heavy atom. The highest BCUT2D eigenvalue weighted by Gasteiger charge is 2.26. The van der Waals surface area contributed by atoms with E-state index in [1.807, 2.05) is 19.2 Å². The molecule has 2 rings (SSSR count). The number of pyridine rings is 1. The van der Waals surface area contributed by atoms with Crippen LogP contribution >= 0.6 is 0 Å². The normalized spacial score (nSPS) is 19.0. The van der Waals surface area contributed by atoms with Gasteiger partial charge in [0.05, 0.1) is 11.8 Å². The summed E-state index contributed by atoms with van der Waals surface area (Å²) in [7, 11) is 1.77. The van der Waals surface area contributed by atoms with Crippen LogP contribution < -0.4 is 5.73 Å². The SMILES string of the molecule is COC1CN(CCC(N)c2ccc(C)cn2)C1. The van der Waals surface area contributed by atoms with Gasteiger partial charge in [0.25, 0.3) is 0 Å². The molecule has 0 saturated carbocycles. The molecule has 0 bridgehead atoms. The monoisotopic (exact) mass is 235 g/mol. The number of hydrogen-bond acceptors (Lipinski definition) is 4. The highest BCUT2D eigenvalue weighted by molar-refractivity contribution is 5.14. The van der Waals surface area contributed by atoms with Crippen LogP contribution in [0.4, 0.5) is 0 Å². The molecule has 2 heterocycles. The van der Waals surface area contributed by atoms with Crippen LogP contribution in [0.3, 0.4) is 0 Å². The van der Waals surface area contributed by atoms with E-state index in [0.717, 1.165) is 31.7 Å². The fraction of sp³-hybridized carbons (Fsp3) is 0.615. The zero-order valence-corrected chi connectivity index (χ0v) is 10.6. The summed E-state index contributed by atoms with van der Waals surface area (Å²) in [4.78, 5) is 6.73. The Balaban J connectivity index is 1.74. The summed E-state index contributed by atoms with van der Waals surface area (Å²) in [6.07, 6.45) is 3.25. The van der Waals surface area contributed by atoms with Crippen molar-refractivity contribution in [2.24, 2.45) is 5.73 Å². The van der Waals surface area contributed by atoms with E-state index >= 15 is 0 Å². The molecular formula is C13H21N3O. The zero-order chi connectivity index (χ0) is 12.3. The van der Waals surface area contributed by atoms with Gasteiger partial charge in [-0.15, -0.1) is 0 Å². The molecule has 2 N–H and O–H groups in total. The van der Waals surface area contributed by atoms with Crippen LogP contribution in [0, 0.1) is 6.92 Å². The lowest BCUT2D eigenvalue weighted by Gasteiger charge is -2.38. The first-order valence-electron chi connectivity index (χ1n) is 6.12. The maximum Gasteiger partial charge on any atom is 0.0824 e. The minimum atomic E-state index is 0.0391. The van der Waals surface area contributed by atoms with Crippen molar-refractivity contribution < 1.29 is 4.74 Å². The fourth-order valence-corrected chi connectivity index (χ4v) is 2.02. The van der Waals surface area contributed by atoms with Crippen molar-refractivity contribution in [3.63, 3.8) is 0 Å². The molecule has 1 fully saturated rings. The van der Waals surface area contributed by atoms with Gasteiger partial charge in [0.15, 0.2) is 0 Å². The van der Waals surface area contributed by atoms with Gasteiger partial charge in [-0.3, -0.25) is 9.88 Å². The number of likely N-dealkylation sites (tertiary alicyclic amines) is 1. The summed E-state index contributed by atoms with van der Waals surface area (Å²) < 4.78 is 5.24. The molecule has 1 saturated heterocycles. The number of hydrogen-bond donors (Lipinski definition) is 1. The molecule has 1 aromatic rings. The second-order valence-corrected chi connectivity index (χ2v) is 4.77. The Morgan fingerprint density at radius 3 is 2.88 bits per heavy atom. The van der Waals surface area contributed by atoms with Crippen molar-refractivity contribution in [1.29, 1.82) is 0 Å². The molecule has 1 aliphatic rings. The molecule has 1 unspecified atom stereocenters. The zero-order valence-electron chi connectivity index (χ0n) is 10.6. The summed E-state index contributed by atoms with van der Waals surface area (Å²) in [6, 6.07) is 4.12. The third-order valence-electron chi connectivity index (χ3n) is 3.33. The molecule has 94 valence electrons. The van der Waals surface area contributed by atoms with Gasteiger partial charge in [-0.1, -0.05) is 6.07 Å². The number of nitrogens with zero attached hydrogens (tertiary/aromatic N) is 2. The number of nitrogens with two attached hydrogens (primary N) is 1. The second kappa shape index (κ2) is 5.58. The van der Waals surface area contributed by atoms with Crippen LogP contribution in [0.2, 0.25) is 0 Å². The van der Waals surface area contributed by atoms with Gasteiger partial charge in [0, 0.05) is 39.0 Å². The van der Waals surface area contributed by atoms with Crippen LogP contribution in [0.1, 0.15) is 23.7 Å². The smallest absolute Gasteiger partial charge is 0.0824 e. The third kappa shape index (κ3) is 3.25. The second-order valence-electron chi connectivity index (χ2n) is 4.77. The molecule has 4 heteroatoms. The van der Waals surface area contributed by atoms with Crippen molar-refractivity contribution in [3.8, 4) is 0 Å². The number of ether oxygens (including phenoxy) is 1. The Labute approximate surface area is 103 Å². The maximum atomic E-state index is 6.12. The lowest BCUT2D eigenvalue weighted by Crippen LogP contribution is -2.52. The topological polar surface area (TPSA) is 51.4 Å². The van der Waals surface area contributed by atoms with Crippen molar-refractivity contribution >= 4 is 0 Å². The minimum Gasteiger partial charge on any atom is -0.379 e. The van der Waals surface area contributed by atoms with E-state index < -0.39 is 0 Å². The molecule has 0 amide bonds. The predicted octanol–water partition coefficient (Wildman–Crippen LogP) is 1.11. The lowest BCUT2D eigenvalue weighted by molar-refractivity contribution is -0.0301. The van der Waals surface area contributed by atoms with Gasteiger partial charge in [0.2, 0.25) is 0 Å². The molecule has 0 radical (unpaired) electrons. The minimum absolute atomic E-state index is 0.0391. The summed E-state index contributed by atoms with van der Waals surface area (Å²) in [5, 5.41) is 0. The number of aromatic nitrogens is 1. The van der Waals surface area contributed by atoms with E-state index in [2.05, 4.69) is 16.0 Å². The Morgan fingerprint density at radius 1 is 1.53 bits per heavy atom. The van der Waals surface area contributed by atoms with Crippen LogP contribution in [-0.2, 0) is 4.74 Å². The highest BCUT2D eigenvalue weighted by atomic mass is 16.5. The van der Waals surface area contributed by atoms with Crippen LogP contribution in [-0.4, -0.2) is 42.7 Å². The summed E-state index contributed by atoms with van der Waals surface area (Å²) in [5.41, 5.74) is 8.28. The van der Waals surface area contributed by atoms with E-state index in [-0.39, 0.29) is 6.04 Å². The van der Waals surface area contributed by atoms with Crippen molar-refractivity contribution in [3.05, 3.63) is 29.6 Å². The van der Waals surface area contributed by atoms with Gasteiger partial charge in [-0.05, 0) is 25.0 Å². The van der Waals surface area contributed by atoms with Crippen molar-refractivity contribution in [2.75, 3.05) is 26.7 Å². The van der Waals surface area contributed by atoms with Crippen LogP contribution in [0.5, 0.6) is 0 Å². The molecule has 1 aromatic heterocycles. The van der Waals surface area contributed by atoms with Gasteiger partial charge in [-0.2, -0.15) is 0 Å². The van der Waals surface area contributed by atoms with E-state index in [4.69, 9.17) is 10.5 Å². The predicted molar refractivity (Wildman–Crippen MR) is 67.8 cm³/mol. The van der Waals surface area contributed by atoms with Crippen LogP contribution in [0.15, 0.2) is 18.3 Å². The molecule has 0 spiro atoms. The van der Waals surface area contributed by atoms with E-state index in [9.17, 15) is 0 Å². The molecular weight excluding hydrogens is 214 g/mol. The fourth-order valence-electron chi connectivity index (χ4n) is 2.02. The van der Waals surface area contributed by atoms with E-state index in [1.54, 1.807) is 7.11 Å². The summed E-state index contributed by atoms with van der Waals surface area (Å²) in [6.45, 7) is 5.12.